The van der Waals surface area contributed by atoms with Gasteiger partial charge in [0, 0.05) is 16.5 Å². The Morgan fingerprint density at radius 1 is 1.05 bits per heavy atom. The number of rotatable bonds is 5. The summed E-state index contributed by atoms with van der Waals surface area (Å²) in [6, 6.07) is 10.9. The lowest BCUT2D eigenvalue weighted by Gasteiger charge is -2.13. The normalized spacial score (nSPS) is 12.5. The average Bonchev–Trinajstić information content (AvgIpc) is 2.42. The van der Waals surface area contributed by atoms with Crippen molar-refractivity contribution < 1.29 is 18.6 Å². The minimum atomic E-state index is -2.87. The van der Waals surface area contributed by atoms with Gasteiger partial charge in [-0.05, 0) is 35.4 Å². The summed E-state index contributed by atoms with van der Waals surface area (Å²) in [5.41, 5.74) is 1.34. The summed E-state index contributed by atoms with van der Waals surface area (Å²) >= 11 is 11.9. The third kappa shape index (κ3) is 4.56. The van der Waals surface area contributed by atoms with Crippen molar-refractivity contribution in [3.05, 3.63) is 63.6 Å². The number of hydrogen-bond acceptors (Lipinski definition) is 2. The van der Waals surface area contributed by atoms with Crippen LogP contribution in [0.5, 0.6) is 5.75 Å². The molecule has 0 aliphatic carbocycles. The minimum absolute atomic E-state index is 0.0467. The van der Waals surface area contributed by atoms with E-state index in [0.717, 1.165) is 5.56 Å². The van der Waals surface area contributed by atoms with Gasteiger partial charge in [-0.1, -0.05) is 41.4 Å². The van der Waals surface area contributed by atoms with Gasteiger partial charge in [-0.25, -0.2) is 0 Å². The van der Waals surface area contributed by atoms with Crippen LogP contribution < -0.4 is 4.74 Å². The van der Waals surface area contributed by atoms with E-state index in [1.165, 1.54) is 24.3 Å². The zero-order chi connectivity index (χ0) is 15.4. The molecule has 0 amide bonds. The van der Waals surface area contributed by atoms with Gasteiger partial charge < -0.3 is 9.84 Å². The molecule has 1 unspecified atom stereocenters. The van der Waals surface area contributed by atoms with Crippen LogP contribution in [0.2, 0.25) is 10.0 Å². The van der Waals surface area contributed by atoms with Gasteiger partial charge in [-0.3, -0.25) is 0 Å². The molecule has 0 heterocycles. The first-order valence-electron chi connectivity index (χ1n) is 6.12. The fourth-order valence-corrected chi connectivity index (χ4v) is 2.37. The smallest absolute Gasteiger partial charge is 0.387 e. The number of ether oxygens (including phenoxy) is 1. The second-order valence-corrected chi connectivity index (χ2v) is 5.25. The molecular weight excluding hydrogens is 321 g/mol. The monoisotopic (exact) mass is 332 g/mol. The lowest BCUT2D eigenvalue weighted by molar-refractivity contribution is -0.0498. The second-order valence-electron chi connectivity index (χ2n) is 4.40. The Labute approximate surface area is 130 Å². The van der Waals surface area contributed by atoms with Gasteiger partial charge in [0.15, 0.2) is 0 Å². The Hall–Kier alpha value is -1.36. The Kier molecular flexibility index (Phi) is 5.39. The number of aliphatic hydroxyl groups is 1. The molecule has 0 radical (unpaired) electrons. The van der Waals surface area contributed by atoms with E-state index in [2.05, 4.69) is 4.74 Å². The van der Waals surface area contributed by atoms with Crippen molar-refractivity contribution in [3.63, 3.8) is 0 Å². The van der Waals surface area contributed by atoms with E-state index in [4.69, 9.17) is 23.2 Å². The van der Waals surface area contributed by atoms with Crippen LogP contribution in [0.1, 0.15) is 17.2 Å². The van der Waals surface area contributed by atoms with E-state index < -0.39 is 12.7 Å². The standard InChI is InChI=1S/C15H12Cl2F2O2/c16-11-4-1-10(13(17)8-11)7-14(20)9-2-5-12(6-3-9)21-15(18)19/h1-6,8,14-15,20H,7H2. The van der Waals surface area contributed by atoms with Crippen LogP contribution in [0.15, 0.2) is 42.5 Å². The van der Waals surface area contributed by atoms with Gasteiger partial charge in [0.2, 0.25) is 0 Å². The van der Waals surface area contributed by atoms with Crippen LogP contribution >= 0.6 is 23.2 Å². The summed E-state index contributed by atoms with van der Waals surface area (Å²) in [7, 11) is 0. The summed E-state index contributed by atoms with van der Waals surface area (Å²) in [6.07, 6.45) is -0.505. The van der Waals surface area contributed by atoms with Gasteiger partial charge in [-0.15, -0.1) is 0 Å². The Balaban J connectivity index is 2.07. The van der Waals surface area contributed by atoms with Crippen LogP contribution in [0.4, 0.5) is 8.78 Å². The lowest BCUT2D eigenvalue weighted by atomic mass is 10.0. The van der Waals surface area contributed by atoms with E-state index in [1.807, 2.05) is 0 Å². The van der Waals surface area contributed by atoms with E-state index in [0.29, 0.717) is 22.0 Å². The third-order valence-corrected chi connectivity index (χ3v) is 3.51. The van der Waals surface area contributed by atoms with Crippen molar-refractivity contribution in [2.75, 3.05) is 0 Å². The molecule has 2 rings (SSSR count). The molecule has 112 valence electrons. The Morgan fingerprint density at radius 3 is 2.29 bits per heavy atom. The molecule has 2 nitrogen and oxygen atoms in total. The first-order valence-corrected chi connectivity index (χ1v) is 6.88. The predicted molar refractivity (Wildman–Crippen MR) is 78.2 cm³/mol. The average molecular weight is 333 g/mol. The summed E-state index contributed by atoms with van der Waals surface area (Å²) in [5.74, 6) is 0.0467. The Morgan fingerprint density at radius 2 is 1.71 bits per heavy atom. The van der Waals surface area contributed by atoms with Crippen molar-refractivity contribution in [2.45, 2.75) is 19.1 Å². The fraction of sp³-hybridized carbons (Fsp3) is 0.200. The molecule has 0 spiro atoms. The van der Waals surface area contributed by atoms with Crippen LogP contribution in [0.3, 0.4) is 0 Å². The summed E-state index contributed by atoms with van der Waals surface area (Å²) in [6.45, 7) is -2.87. The molecule has 0 aliphatic heterocycles. The predicted octanol–water partition coefficient (Wildman–Crippen LogP) is 4.87. The fourth-order valence-electron chi connectivity index (χ4n) is 1.88. The quantitative estimate of drug-likeness (QED) is 0.846. The number of aliphatic hydroxyl groups excluding tert-OH is 1. The summed E-state index contributed by atoms with van der Waals surface area (Å²) in [4.78, 5) is 0. The second kappa shape index (κ2) is 7.07. The van der Waals surface area contributed by atoms with Crippen molar-refractivity contribution in [3.8, 4) is 5.75 Å². The van der Waals surface area contributed by atoms with Crippen molar-refractivity contribution in [1.82, 2.24) is 0 Å². The maximum absolute atomic E-state index is 12.0. The van der Waals surface area contributed by atoms with Gasteiger partial charge in [-0.2, -0.15) is 8.78 Å². The SMILES string of the molecule is OC(Cc1ccc(Cl)cc1Cl)c1ccc(OC(F)F)cc1. The molecule has 0 fully saturated rings. The van der Waals surface area contributed by atoms with Gasteiger partial charge in [0.05, 0.1) is 6.10 Å². The van der Waals surface area contributed by atoms with Crippen molar-refractivity contribution in [2.24, 2.45) is 0 Å². The molecule has 2 aromatic rings. The number of alkyl halides is 2. The first kappa shape index (κ1) is 16.0. The molecule has 1 N–H and O–H groups in total. The van der Waals surface area contributed by atoms with Crippen LogP contribution in [0, 0.1) is 0 Å². The highest BCUT2D eigenvalue weighted by molar-refractivity contribution is 6.35. The molecule has 0 saturated heterocycles. The maximum Gasteiger partial charge on any atom is 0.387 e. The minimum Gasteiger partial charge on any atom is -0.435 e. The third-order valence-electron chi connectivity index (χ3n) is 2.92. The highest BCUT2D eigenvalue weighted by atomic mass is 35.5. The molecule has 0 aliphatic rings. The first-order chi connectivity index (χ1) is 9.95. The highest BCUT2D eigenvalue weighted by Gasteiger charge is 2.12. The molecule has 0 aromatic heterocycles. The molecular formula is C15H12Cl2F2O2. The van der Waals surface area contributed by atoms with E-state index in [-0.39, 0.29) is 5.75 Å². The van der Waals surface area contributed by atoms with Crippen molar-refractivity contribution in [1.29, 1.82) is 0 Å². The lowest BCUT2D eigenvalue weighted by Crippen LogP contribution is -2.04. The number of halogens is 4. The number of benzene rings is 2. The van der Waals surface area contributed by atoms with E-state index in [9.17, 15) is 13.9 Å². The van der Waals surface area contributed by atoms with E-state index in [1.54, 1.807) is 18.2 Å². The molecule has 0 bridgehead atoms. The van der Waals surface area contributed by atoms with Crippen molar-refractivity contribution >= 4 is 23.2 Å². The highest BCUT2D eigenvalue weighted by Crippen LogP contribution is 2.27. The topological polar surface area (TPSA) is 29.5 Å². The van der Waals surface area contributed by atoms with Gasteiger partial charge in [0.1, 0.15) is 5.75 Å². The van der Waals surface area contributed by atoms with Crippen LogP contribution in [-0.4, -0.2) is 11.7 Å². The zero-order valence-corrected chi connectivity index (χ0v) is 12.3. The van der Waals surface area contributed by atoms with E-state index >= 15 is 0 Å². The van der Waals surface area contributed by atoms with Gasteiger partial charge >= 0.3 is 6.61 Å². The summed E-state index contributed by atoms with van der Waals surface area (Å²) in [5, 5.41) is 11.2. The molecule has 1 atom stereocenters. The summed E-state index contributed by atoms with van der Waals surface area (Å²) < 4.78 is 28.3. The number of hydrogen-bond donors (Lipinski definition) is 1. The largest absolute Gasteiger partial charge is 0.435 e. The molecule has 21 heavy (non-hydrogen) atoms. The molecule has 6 heteroatoms. The molecule has 0 saturated carbocycles. The maximum atomic E-state index is 12.0. The zero-order valence-electron chi connectivity index (χ0n) is 10.8. The van der Waals surface area contributed by atoms with Crippen LogP contribution in [0.25, 0.3) is 0 Å². The van der Waals surface area contributed by atoms with Crippen LogP contribution in [-0.2, 0) is 6.42 Å². The molecule has 2 aromatic carbocycles. The Bertz CT molecular complexity index is 603. The van der Waals surface area contributed by atoms with Gasteiger partial charge in [0.25, 0.3) is 0 Å².